The zero-order valence-corrected chi connectivity index (χ0v) is 18.2. The van der Waals surface area contributed by atoms with Crippen LogP contribution in [0.25, 0.3) is 0 Å². The van der Waals surface area contributed by atoms with E-state index in [4.69, 9.17) is 44.0 Å². The van der Waals surface area contributed by atoms with E-state index in [1.807, 2.05) is 31.2 Å². The number of aryl methyl sites for hydroxylation is 1. The first kappa shape index (κ1) is 22.0. The van der Waals surface area contributed by atoms with Crippen LogP contribution < -0.4 is 4.74 Å². The number of hydrogen-bond acceptors (Lipinski definition) is 4. The van der Waals surface area contributed by atoms with Gasteiger partial charge in [-0.3, -0.25) is 4.90 Å². The fraction of sp³-hybridized carbons (Fsp3) is 0.273. The van der Waals surface area contributed by atoms with Gasteiger partial charge in [-0.15, -0.1) is 0 Å². The summed E-state index contributed by atoms with van der Waals surface area (Å²) >= 11 is 18.4. The fourth-order valence-corrected chi connectivity index (χ4v) is 3.53. The topological polar surface area (TPSA) is 45.8 Å². The lowest BCUT2D eigenvalue weighted by Gasteiger charge is -2.25. The van der Waals surface area contributed by atoms with Gasteiger partial charge in [0.2, 0.25) is 0 Å². The van der Waals surface area contributed by atoms with E-state index < -0.39 is 6.10 Å². The monoisotopic (exact) mass is 453 g/mol. The first-order valence-corrected chi connectivity index (χ1v) is 10.3. The van der Waals surface area contributed by atoms with Crippen LogP contribution in [0.15, 0.2) is 59.2 Å². The van der Waals surface area contributed by atoms with Crippen LogP contribution in [-0.4, -0.2) is 29.3 Å². The predicted octanol–water partition coefficient (Wildman–Crippen LogP) is 5.99. The minimum Gasteiger partial charge on any atom is -0.491 e. The summed E-state index contributed by atoms with van der Waals surface area (Å²) in [6.07, 6.45) is 0.928. The summed E-state index contributed by atoms with van der Waals surface area (Å²) in [5.74, 6) is 1.47. The van der Waals surface area contributed by atoms with Crippen LogP contribution in [0.1, 0.15) is 16.9 Å². The van der Waals surface area contributed by atoms with Gasteiger partial charge in [0.25, 0.3) is 0 Å². The highest BCUT2D eigenvalue weighted by atomic mass is 35.5. The second-order valence-electron chi connectivity index (χ2n) is 6.86. The second kappa shape index (κ2) is 10.4. The standard InChI is InChI=1S/C22H22Cl3NO3/c1-15-9-19(6-7-21(15)24)29-14-18(27)12-26(13-20-3-2-8-28-20)11-16-4-5-17(23)10-22(16)25/h2-10,18,27H,11-14H2,1H3. The Hall–Kier alpha value is -1.69. The summed E-state index contributed by atoms with van der Waals surface area (Å²) < 4.78 is 11.2. The first-order valence-electron chi connectivity index (χ1n) is 9.16. The lowest BCUT2D eigenvalue weighted by molar-refractivity contribution is 0.0604. The third-order valence-electron chi connectivity index (χ3n) is 4.41. The Morgan fingerprint density at radius 3 is 2.55 bits per heavy atom. The lowest BCUT2D eigenvalue weighted by Crippen LogP contribution is -2.35. The molecule has 0 amide bonds. The normalized spacial score (nSPS) is 12.3. The van der Waals surface area contributed by atoms with E-state index in [1.54, 1.807) is 30.5 Å². The van der Waals surface area contributed by atoms with Crippen LogP contribution >= 0.6 is 34.8 Å². The van der Waals surface area contributed by atoms with E-state index >= 15 is 0 Å². The first-order chi connectivity index (χ1) is 13.9. The molecule has 0 aliphatic carbocycles. The van der Waals surface area contributed by atoms with Gasteiger partial charge in [-0.1, -0.05) is 40.9 Å². The van der Waals surface area contributed by atoms with E-state index in [9.17, 15) is 5.11 Å². The SMILES string of the molecule is Cc1cc(OCC(O)CN(Cc2ccco2)Cc2ccc(Cl)cc2Cl)ccc1Cl. The third kappa shape index (κ3) is 6.66. The Kier molecular flexibility index (Phi) is 7.87. The number of benzene rings is 2. The molecule has 1 heterocycles. The van der Waals surface area contributed by atoms with Gasteiger partial charge >= 0.3 is 0 Å². The van der Waals surface area contributed by atoms with Crippen LogP contribution in [0.5, 0.6) is 5.75 Å². The molecule has 1 unspecified atom stereocenters. The summed E-state index contributed by atoms with van der Waals surface area (Å²) in [5.41, 5.74) is 1.85. The molecular formula is C22H22Cl3NO3. The van der Waals surface area contributed by atoms with Crippen molar-refractivity contribution in [2.24, 2.45) is 0 Å². The lowest BCUT2D eigenvalue weighted by atomic mass is 10.2. The Morgan fingerprint density at radius 1 is 1.03 bits per heavy atom. The van der Waals surface area contributed by atoms with E-state index in [1.165, 1.54) is 0 Å². The van der Waals surface area contributed by atoms with Crippen molar-refractivity contribution in [1.29, 1.82) is 0 Å². The molecule has 1 atom stereocenters. The molecular weight excluding hydrogens is 433 g/mol. The predicted molar refractivity (Wildman–Crippen MR) is 117 cm³/mol. The molecule has 3 rings (SSSR count). The number of halogens is 3. The number of furan rings is 1. The Balaban J connectivity index is 1.64. The number of rotatable bonds is 9. The summed E-state index contributed by atoms with van der Waals surface area (Å²) in [6, 6.07) is 14.6. The third-order valence-corrected chi connectivity index (χ3v) is 5.42. The van der Waals surface area contributed by atoms with E-state index in [-0.39, 0.29) is 6.61 Å². The van der Waals surface area contributed by atoms with Gasteiger partial charge in [-0.25, -0.2) is 0 Å². The second-order valence-corrected chi connectivity index (χ2v) is 8.11. The van der Waals surface area contributed by atoms with Gasteiger partial charge < -0.3 is 14.3 Å². The van der Waals surface area contributed by atoms with Gasteiger partial charge in [0.1, 0.15) is 24.2 Å². The molecule has 0 saturated carbocycles. The molecule has 0 radical (unpaired) electrons. The van der Waals surface area contributed by atoms with Crippen molar-refractivity contribution in [2.75, 3.05) is 13.2 Å². The van der Waals surface area contributed by atoms with Crippen LogP contribution in [0, 0.1) is 6.92 Å². The van der Waals surface area contributed by atoms with E-state index in [0.717, 1.165) is 16.9 Å². The van der Waals surface area contributed by atoms with Crippen LogP contribution in [0.4, 0.5) is 0 Å². The fourth-order valence-electron chi connectivity index (χ4n) is 2.95. The largest absolute Gasteiger partial charge is 0.491 e. The van der Waals surface area contributed by atoms with Crippen molar-refractivity contribution >= 4 is 34.8 Å². The van der Waals surface area contributed by atoms with E-state index in [0.29, 0.717) is 40.5 Å². The number of aliphatic hydroxyl groups is 1. The smallest absolute Gasteiger partial charge is 0.119 e. The van der Waals surface area contributed by atoms with Gasteiger partial charge in [-0.05, 0) is 60.5 Å². The van der Waals surface area contributed by atoms with Crippen molar-refractivity contribution in [1.82, 2.24) is 4.90 Å². The zero-order valence-electron chi connectivity index (χ0n) is 15.9. The molecule has 1 N–H and O–H groups in total. The molecule has 0 fully saturated rings. The van der Waals surface area contributed by atoms with Crippen molar-refractivity contribution in [2.45, 2.75) is 26.1 Å². The molecule has 2 aromatic carbocycles. The summed E-state index contributed by atoms with van der Waals surface area (Å²) in [5, 5.41) is 12.4. The van der Waals surface area contributed by atoms with Crippen LogP contribution in [0.2, 0.25) is 15.1 Å². The zero-order chi connectivity index (χ0) is 20.8. The van der Waals surface area contributed by atoms with Crippen LogP contribution in [-0.2, 0) is 13.1 Å². The number of hydrogen-bond donors (Lipinski definition) is 1. The molecule has 154 valence electrons. The molecule has 4 nitrogen and oxygen atoms in total. The molecule has 3 aromatic rings. The molecule has 1 aromatic heterocycles. The molecule has 0 aliphatic heterocycles. The minimum atomic E-state index is -0.702. The minimum absolute atomic E-state index is 0.157. The average molecular weight is 455 g/mol. The van der Waals surface area contributed by atoms with Crippen molar-refractivity contribution in [3.8, 4) is 5.75 Å². The summed E-state index contributed by atoms with van der Waals surface area (Å²) in [6.45, 7) is 3.51. The highest BCUT2D eigenvalue weighted by molar-refractivity contribution is 6.35. The van der Waals surface area contributed by atoms with E-state index in [2.05, 4.69) is 4.90 Å². The number of aliphatic hydroxyl groups excluding tert-OH is 1. The maximum absolute atomic E-state index is 10.5. The Morgan fingerprint density at radius 2 is 1.86 bits per heavy atom. The molecule has 0 aliphatic rings. The Labute approximate surface area is 185 Å². The van der Waals surface area contributed by atoms with Crippen molar-refractivity contribution in [3.05, 3.63) is 86.7 Å². The maximum Gasteiger partial charge on any atom is 0.119 e. The Bertz CT molecular complexity index is 931. The summed E-state index contributed by atoms with van der Waals surface area (Å²) in [7, 11) is 0. The quantitative estimate of drug-likeness (QED) is 0.431. The molecule has 0 spiro atoms. The van der Waals surface area contributed by atoms with Gasteiger partial charge in [-0.2, -0.15) is 0 Å². The summed E-state index contributed by atoms with van der Waals surface area (Å²) in [4.78, 5) is 2.05. The van der Waals surface area contributed by atoms with Crippen molar-refractivity contribution < 1.29 is 14.3 Å². The van der Waals surface area contributed by atoms with Gasteiger partial charge in [0.05, 0.1) is 12.8 Å². The number of ether oxygens (including phenoxy) is 1. The van der Waals surface area contributed by atoms with Crippen LogP contribution in [0.3, 0.4) is 0 Å². The number of nitrogens with zero attached hydrogens (tertiary/aromatic N) is 1. The molecule has 29 heavy (non-hydrogen) atoms. The molecule has 0 saturated heterocycles. The van der Waals surface area contributed by atoms with Crippen molar-refractivity contribution in [3.63, 3.8) is 0 Å². The van der Waals surface area contributed by atoms with Gasteiger partial charge in [0, 0.05) is 28.2 Å². The highest BCUT2D eigenvalue weighted by Crippen LogP contribution is 2.24. The molecule has 7 heteroatoms. The highest BCUT2D eigenvalue weighted by Gasteiger charge is 2.16. The maximum atomic E-state index is 10.5. The van der Waals surface area contributed by atoms with Gasteiger partial charge in [0.15, 0.2) is 0 Å². The average Bonchev–Trinajstić information content (AvgIpc) is 3.18. The molecule has 0 bridgehead atoms.